The van der Waals surface area contributed by atoms with Crippen LogP contribution >= 0.6 is 11.3 Å². The molecule has 2 aromatic carbocycles. The molecule has 0 aliphatic rings. The molecule has 0 aliphatic heterocycles. The summed E-state index contributed by atoms with van der Waals surface area (Å²) < 4.78 is 14.9. The molecule has 2 amide bonds. The molecule has 2 N–H and O–H groups in total. The molecule has 2 aromatic heterocycles. The minimum Gasteiger partial charge on any atom is -0.348 e. The molecule has 0 bridgehead atoms. The molecule has 0 saturated carbocycles. The standard InChI is InChI=1S/C24H21FN4O2S/c1-15-13-21(16(2)29(15)24-26-11-12-32-24)23(31)28-20-9-5-18(6-10-20)22(30)27-14-17-3-7-19(25)8-4-17/h3-13H,14H2,1-2H3,(H,27,30)(H,28,31). The Kier molecular flexibility index (Phi) is 6.13. The molecular formula is C24H21FN4O2S. The molecule has 0 atom stereocenters. The van der Waals surface area contributed by atoms with E-state index in [-0.39, 0.29) is 17.6 Å². The molecule has 32 heavy (non-hydrogen) atoms. The average Bonchev–Trinajstić information content (AvgIpc) is 3.41. The van der Waals surface area contributed by atoms with Crippen molar-refractivity contribution >= 4 is 28.8 Å². The molecule has 0 unspecified atom stereocenters. The number of halogens is 1. The average molecular weight is 449 g/mol. The van der Waals surface area contributed by atoms with Gasteiger partial charge in [0, 0.05) is 40.8 Å². The van der Waals surface area contributed by atoms with Gasteiger partial charge in [0.05, 0.1) is 5.56 Å². The van der Waals surface area contributed by atoms with Crippen LogP contribution in [0.4, 0.5) is 10.1 Å². The lowest BCUT2D eigenvalue weighted by Crippen LogP contribution is -2.22. The summed E-state index contributed by atoms with van der Waals surface area (Å²) in [6.07, 6.45) is 1.73. The van der Waals surface area contributed by atoms with E-state index in [1.54, 1.807) is 42.6 Å². The Morgan fingerprint density at radius 2 is 1.75 bits per heavy atom. The quantitative estimate of drug-likeness (QED) is 0.442. The van der Waals surface area contributed by atoms with Crippen molar-refractivity contribution in [3.8, 4) is 5.13 Å². The van der Waals surface area contributed by atoms with Crippen LogP contribution < -0.4 is 10.6 Å². The maximum atomic E-state index is 13.0. The number of aromatic nitrogens is 2. The number of aryl methyl sites for hydroxylation is 1. The third-order valence-electron chi connectivity index (χ3n) is 5.06. The molecule has 2 heterocycles. The Morgan fingerprint density at radius 1 is 1.03 bits per heavy atom. The summed E-state index contributed by atoms with van der Waals surface area (Å²) in [5.74, 6) is -0.795. The largest absolute Gasteiger partial charge is 0.348 e. The van der Waals surface area contributed by atoms with Crippen LogP contribution in [0, 0.1) is 19.7 Å². The number of anilines is 1. The van der Waals surface area contributed by atoms with Crippen molar-refractivity contribution in [3.05, 3.63) is 100 Å². The maximum absolute atomic E-state index is 13.0. The molecule has 0 aliphatic carbocycles. The molecule has 0 saturated heterocycles. The van der Waals surface area contributed by atoms with E-state index < -0.39 is 0 Å². The van der Waals surface area contributed by atoms with E-state index in [1.807, 2.05) is 29.9 Å². The van der Waals surface area contributed by atoms with Crippen LogP contribution in [-0.4, -0.2) is 21.4 Å². The number of carbonyl (C=O) groups is 2. The molecule has 0 radical (unpaired) electrons. The van der Waals surface area contributed by atoms with E-state index in [0.29, 0.717) is 23.4 Å². The normalized spacial score (nSPS) is 10.7. The molecule has 4 rings (SSSR count). The number of nitrogens with zero attached hydrogens (tertiary/aromatic N) is 2. The van der Waals surface area contributed by atoms with Gasteiger partial charge in [-0.15, -0.1) is 11.3 Å². The van der Waals surface area contributed by atoms with E-state index in [9.17, 15) is 14.0 Å². The number of carbonyl (C=O) groups excluding carboxylic acids is 2. The number of amides is 2. The Morgan fingerprint density at radius 3 is 2.41 bits per heavy atom. The monoisotopic (exact) mass is 448 g/mol. The second kappa shape index (κ2) is 9.15. The predicted octanol–water partition coefficient (Wildman–Crippen LogP) is 4.87. The zero-order valence-corrected chi connectivity index (χ0v) is 18.4. The van der Waals surface area contributed by atoms with Gasteiger partial charge in [-0.2, -0.15) is 0 Å². The Bertz CT molecular complexity index is 1250. The van der Waals surface area contributed by atoms with Crippen molar-refractivity contribution in [2.45, 2.75) is 20.4 Å². The van der Waals surface area contributed by atoms with Gasteiger partial charge in [-0.1, -0.05) is 12.1 Å². The first-order valence-electron chi connectivity index (χ1n) is 9.95. The van der Waals surface area contributed by atoms with Crippen LogP contribution in [0.5, 0.6) is 0 Å². The minimum absolute atomic E-state index is 0.227. The molecule has 162 valence electrons. The number of nitrogens with one attached hydrogen (secondary N) is 2. The van der Waals surface area contributed by atoms with Crippen LogP contribution in [0.2, 0.25) is 0 Å². The third-order valence-corrected chi connectivity index (χ3v) is 5.81. The van der Waals surface area contributed by atoms with Gasteiger partial charge >= 0.3 is 0 Å². The molecule has 0 fully saturated rings. The molecular weight excluding hydrogens is 427 g/mol. The first kappa shape index (κ1) is 21.5. The SMILES string of the molecule is Cc1cc(C(=O)Nc2ccc(C(=O)NCc3ccc(F)cc3)cc2)c(C)n1-c1nccs1. The Labute approximate surface area is 188 Å². The molecule has 4 aromatic rings. The fraction of sp³-hybridized carbons (Fsp3) is 0.125. The highest BCUT2D eigenvalue weighted by atomic mass is 32.1. The van der Waals surface area contributed by atoms with Gasteiger partial charge in [0.15, 0.2) is 5.13 Å². The molecule has 6 nitrogen and oxygen atoms in total. The van der Waals surface area contributed by atoms with Crippen molar-refractivity contribution in [2.75, 3.05) is 5.32 Å². The van der Waals surface area contributed by atoms with Gasteiger partial charge in [-0.3, -0.25) is 14.2 Å². The van der Waals surface area contributed by atoms with Gasteiger partial charge in [0.2, 0.25) is 0 Å². The molecule has 8 heteroatoms. The van der Waals surface area contributed by atoms with Crippen LogP contribution in [0.1, 0.15) is 37.7 Å². The van der Waals surface area contributed by atoms with Gasteiger partial charge in [-0.05, 0) is 61.9 Å². The van der Waals surface area contributed by atoms with Crippen LogP contribution in [0.3, 0.4) is 0 Å². The number of hydrogen-bond acceptors (Lipinski definition) is 4. The smallest absolute Gasteiger partial charge is 0.257 e. The third kappa shape index (κ3) is 4.60. The van der Waals surface area contributed by atoms with E-state index in [1.165, 1.54) is 23.5 Å². The number of rotatable bonds is 6. The number of benzene rings is 2. The van der Waals surface area contributed by atoms with E-state index >= 15 is 0 Å². The molecule has 0 spiro atoms. The summed E-state index contributed by atoms with van der Waals surface area (Å²) in [4.78, 5) is 29.5. The summed E-state index contributed by atoms with van der Waals surface area (Å²) in [6.45, 7) is 4.12. The van der Waals surface area contributed by atoms with Gasteiger partial charge in [-0.25, -0.2) is 9.37 Å². The zero-order chi connectivity index (χ0) is 22.7. The second-order valence-electron chi connectivity index (χ2n) is 7.28. The summed E-state index contributed by atoms with van der Waals surface area (Å²) in [7, 11) is 0. The summed E-state index contributed by atoms with van der Waals surface area (Å²) in [5, 5.41) is 8.38. The minimum atomic E-state index is -0.317. The topological polar surface area (TPSA) is 76.0 Å². The lowest BCUT2D eigenvalue weighted by molar-refractivity contribution is 0.0950. The Hall–Kier alpha value is -3.78. The van der Waals surface area contributed by atoms with Gasteiger partial charge < -0.3 is 10.6 Å². The van der Waals surface area contributed by atoms with Crippen LogP contribution in [0.15, 0.2) is 66.2 Å². The first-order chi connectivity index (χ1) is 15.4. The lowest BCUT2D eigenvalue weighted by atomic mass is 10.1. The maximum Gasteiger partial charge on any atom is 0.257 e. The van der Waals surface area contributed by atoms with Crippen molar-refractivity contribution in [1.82, 2.24) is 14.9 Å². The van der Waals surface area contributed by atoms with E-state index in [0.717, 1.165) is 22.1 Å². The summed E-state index contributed by atoms with van der Waals surface area (Å²) in [5.41, 5.74) is 4.16. The fourth-order valence-electron chi connectivity index (χ4n) is 3.40. The lowest BCUT2D eigenvalue weighted by Gasteiger charge is -2.09. The highest BCUT2D eigenvalue weighted by molar-refractivity contribution is 7.12. The summed E-state index contributed by atoms with van der Waals surface area (Å²) >= 11 is 1.51. The Balaban J connectivity index is 1.40. The highest BCUT2D eigenvalue weighted by Crippen LogP contribution is 2.23. The van der Waals surface area contributed by atoms with Crippen molar-refractivity contribution in [2.24, 2.45) is 0 Å². The van der Waals surface area contributed by atoms with Crippen LogP contribution in [0.25, 0.3) is 5.13 Å². The van der Waals surface area contributed by atoms with Crippen molar-refractivity contribution in [1.29, 1.82) is 0 Å². The first-order valence-corrected chi connectivity index (χ1v) is 10.8. The zero-order valence-electron chi connectivity index (χ0n) is 17.6. The van der Waals surface area contributed by atoms with Gasteiger partial charge in [0.1, 0.15) is 5.82 Å². The van der Waals surface area contributed by atoms with Crippen molar-refractivity contribution in [3.63, 3.8) is 0 Å². The fourth-order valence-corrected chi connectivity index (χ4v) is 4.15. The highest BCUT2D eigenvalue weighted by Gasteiger charge is 2.18. The second-order valence-corrected chi connectivity index (χ2v) is 8.15. The number of hydrogen-bond donors (Lipinski definition) is 2. The van der Waals surface area contributed by atoms with Gasteiger partial charge in [0.25, 0.3) is 11.8 Å². The van der Waals surface area contributed by atoms with E-state index in [4.69, 9.17) is 0 Å². The summed E-state index contributed by atoms with van der Waals surface area (Å²) in [6, 6.07) is 14.5. The van der Waals surface area contributed by atoms with Crippen LogP contribution in [-0.2, 0) is 6.54 Å². The van der Waals surface area contributed by atoms with Crippen molar-refractivity contribution < 1.29 is 14.0 Å². The number of thiazole rings is 1. The predicted molar refractivity (Wildman–Crippen MR) is 123 cm³/mol. The van der Waals surface area contributed by atoms with E-state index in [2.05, 4.69) is 15.6 Å².